The Bertz CT molecular complexity index is 2990. The van der Waals surface area contributed by atoms with Crippen LogP contribution in [0, 0.1) is 10.1 Å². The van der Waals surface area contributed by atoms with Crippen molar-refractivity contribution in [1.82, 2.24) is 30.0 Å². The molecule has 0 aliphatic heterocycles. The topological polar surface area (TPSA) is 140 Å². The summed E-state index contributed by atoms with van der Waals surface area (Å²) in [6, 6.07) is 53.4. The Morgan fingerprint density at radius 2 is 0.869 bits per heavy atom. The maximum Gasteiger partial charge on any atom is 0.340 e. The lowest BCUT2D eigenvalue weighted by Gasteiger charge is -2.11. The Hall–Kier alpha value is -8.52. The Labute approximate surface area is 349 Å². The molecule has 0 bridgehead atoms. The normalized spacial score (nSPS) is 11.0. The molecule has 0 saturated carbocycles. The van der Waals surface area contributed by atoms with E-state index < -0.39 is 4.92 Å². The van der Waals surface area contributed by atoms with Crippen LogP contribution in [0.2, 0.25) is 0 Å². The third-order valence-corrected chi connectivity index (χ3v) is 10.1. The molecule has 298 valence electrons. The molecule has 9 rings (SSSR count). The average Bonchev–Trinajstić information content (AvgIpc) is 3.98. The minimum atomic E-state index is -0.438. The first kappa shape index (κ1) is 38.0. The van der Waals surface area contributed by atoms with Gasteiger partial charge in [0, 0.05) is 21.7 Å². The second-order valence-corrected chi connectivity index (χ2v) is 13.8. The van der Waals surface area contributed by atoms with Gasteiger partial charge in [-0.1, -0.05) is 60.7 Å². The van der Waals surface area contributed by atoms with Crippen molar-refractivity contribution < 1.29 is 28.7 Å². The molecule has 0 aliphatic rings. The number of aromatic nitrogens is 8. The lowest BCUT2D eigenvalue weighted by molar-refractivity contribution is -0.734. The summed E-state index contributed by atoms with van der Waals surface area (Å²) in [5.74, 6) is 2.82. The fourth-order valence-corrected chi connectivity index (χ4v) is 6.94. The third-order valence-electron chi connectivity index (χ3n) is 10.1. The van der Waals surface area contributed by atoms with Crippen LogP contribution in [0.1, 0.15) is 0 Å². The number of hydrogen-bond donors (Lipinski definition) is 0. The summed E-state index contributed by atoms with van der Waals surface area (Å²) in [4.78, 5) is 17.7. The smallest absolute Gasteiger partial charge is 0.340 e. The molecule has 0 N–H and O–H groups in total. The minimum Gasteiger partial charge on any atom is -0.497 e. The summed E-state index contributed by atoms with van der Waals surface area (Å²) >= 11 is 0. The first-order chi connectivity index (χ1) is 29.9. The SMILES string of the molecule is COc1ccc(-c2ccc(-c3nn(-c4ccccc4)[n+](-c4ccc(-c5ccc(-[n+]6nc(-c7ccc([N+](=O)[O-])cc7)nn6-c6ccccc6)c(OC)c5)cc4OC)n3)cc2)cc1. The molecule has 61 heavy (non-hydrogen) atoms. The average molecular weight is 808 g/mol. The van der Waals surface area contributed by atoms with Crippen LogP contribution >= 0.6 is 0 Å². The second kappa shape index (κ2) is 16.4. The number of nitro groups is 1. The Kier molecular flexibility index (Phi) is 10.2. The maximum absolute atomic E-state index is 11.3. The van der Waals surface area contributed by atoms with Gasteiger partial charge in [-0.3, -0.25) is 10.1 Å². The van der Waals surface area contributed by atoms with Gasteiger partial charge in [-0.05, 0) is 139 Å². The van der Waals surface area contributed by atoms with Gasteiger partial charge >= 0.3 is 11.6 Å². The fourth-order valence-electron chi connectivity index (χ4n) is 6.94. The van der Waals surface area contributed by atoms with Crippen molar-refractivity contribution in [1.29, 1.82) is 0 Å². The zero-order chi connectivity index (χ0) is 41.9. The number of tetrazole rings is 2. The van der Waals surface area contributed by atoms with E-state index in [1.165, 1.54) is 12.1 Å². The number of benzene rings is 7. The van der Waals surface area contributed by atoms with Crippen molar-refractivity contribution in [3.05, 3.63) is 180 Å². The van der Waals surface area contributed by atoms with E-state index in [1.54, 1.807) is 52.6 Å². The number of ether oxygens (including phenoxy) is 3. The van der Waals surface area contributed by atoms with Gasteiger partial charge < -0.3 is 14.2 Å². The number of hydrogen-bond acceptors (Lipinski definition) is 9. The molecule has 0 unspecified atom stereocenters. The molecular formula is C47H37N9O5+2. The molecule has 2 heterocycles. The van der Waals surface area contributed by atoms with Crippen LogP contribution in [0.3, 0.4) is 0 Å². The summed E-state index contributed by atoms with van der Waals surface area (Å²) in [5, 5.41) is 30.9. The summed E-state index contributed by atoms with van der Waals surface area (Å²) in [7, 11) is 4.89. The Balaban J connectivity index is 1.07. The van der Waals surface area contributed by atoms with E-state index in [2.05, 4.69) is 12.1 Å². The van der Waals surface area contributed by atoms with Crippen LogP contribution in [-0.2, 0) is 0 Å². The highest BCUT2D eigenvalue weighted by molar-refractivity contribution is 5.71. The third kappa shape index (κ3) is 7.52. The molecule has 0 aliphatic carbocycles. The zero-order valence-electron chi connectivity index (χ0n) is 33.2. The van der Waals surface area contributed by atoms with Gasteiger partial charge in [-0.2, -0.15) is 0 Å². The van der Waals surface area contributed by atoms with Gasteiger partial charge in [-0.25, -0.2) is 0 Å². The molecule has 0 amide bonds. The van der Waals surface area contributed by atoms with E-state index in [0.29, 0.717) is 40.1 Å². The Morgan fingerprint density at radius 1 is 0.475 bits per heavy atom. The molecule has 9 aromatic rings. The van der Waals surface area contributed by atoms with Gasteiger partial charge in [0.2, 0.25) is 11.4 Å². The van der Waals surface area contributed by atoms with Gasteiger partial charge in [0.15, 0.2) is 11.5 Å². The van der Waals surface area contributed by atoms with Gasteiger partial charge in [0.05, 0.1) is 47.6 Å². The van der Waals surface area contributed by atoms with Crippen molar-refractivity contribution in [3.63, 3.8) is 0 Å². The Morgan fingerprint density at radius 3 is 1.28 bits per heavy atom. The van der Waals surface area contributed by atoms with Crippen LogP contribution in [0.5, 0.6) is 17.2 Å². The number of para-hydroxylation sites is 2. The largest absolute Gasteiger partial charge is 0.497 e. The van der Waals surface area contributed by atoms with E-state index in [0.717, 1.165) is 44.9 Å². The fraction of sp³-hybridized carbons (Fsp3) is 0.0638. The summed E-state index contributed by atoms with van der Waals surface area (Å²) < 4.78 is 17.3. The van der Waals surface area contributed by atoms with Crippen LogP contribution < -0.4 is 23.8 Å². The van der Waals surface area contributed by atoms with E-state index >= 15 is 0 Å². The van der Waals surface area contributed by atoms with Crippen molar-refractivity contribution >= 4 is 5.69 Å². The quantitative estimate of drug-likeness (QED) is 0.0683. The lowest BCUT2D eigenvalue weighted by Crippen LogP contribution is -2.43. The van der Waals surface area contributed by atoms with Crippen molar-refractivity contribution in [2.75, 3.05) is 21.3 Å². The molecule has 0 spiro atoms. The van der Waals surface area contributed by atoms with Crippen molar-refractivity contribution in [2.24, 2.45) is 0 Å². The van der Waals surface area contributed by atoms with E-state index in [9.17, 15) is 10.1 Å². The predicted molar refractivity (Wildman–Crippen MR) is 227 cm³/mol. The molecule has 2 aromatic heterocycles. The maximum atomic E-state index is 11.3. The number of methoxy groups -OCH3 is 3. The van der Waals surface area contributed by atoms with E-state index in [4.69, 9.17) is 34.6 Å². The highest BCUT2D eigenvalue weighted by Crippen LogP contribution is 2.33. The monoisotopic (exact) mass is 807 g/mol. The van der Waals surface area contributed by atoms with Crippen LogP contribution in [0.15, 0.2) is 170 Å². The first-order valence-corrected chi connectivity index (χ1v) is 19.2. The van der Waals surface area contributed by atoms with Crippen LogP contribution in [0.25, 0.3) is 67.8 Å². The van der Waals surface area contributed by atoms with Gasteiger partial charge in [0.1, 0.15) is 17.1 Å². The highest BCUT2D eigenvalue weighted by Gasteiger charge is 2.29. The number of nitro benzene ring substituents is 1. The molecule has 0 fully saturated rings. The van der Waals surface area contributed by atoms with E-state index in [1.807, 2.05) is 133 Å². The highest BCUT2D eigenvalue weighted by atomic mass is 16.6. The van der Waals surface area contributed by atoms with Crippen LogP contribution in [-0.4, -0.2) is 56.2 Å². The van der Waals surface area contributed by atoms with Crippen molar-refractivity contribution in [2.45, 2.75) is 0 Å². The van der Waals surface area contributed by atoms with Crippen LogP contribution in [0.4, 0.5) is 5.69 Å². The number of nitrogens with zero attached hydrogens (tertiary/aromatic N) is 9. The second-order valence-electron chi connectivity index (χ2n) is 13.8. The molecule has 14 nitrogen and oxygen atoms in total. The summed E-state index contributed by atoms with van der Waals surface area (Å²) in [6.07, 6.45) is 0. The first-order valence-electron chi connectivity index (χ1n) is 19.2. The molecular weight excluding hydrogens is 771 g/mol. The molecule has 7 aromatic carbocycles. The summed E-state index contributed by atoms with van der Waals surface area (Å²) in [5.41, 5.74) is 8.19. The zero-order valence-corrected chi connectivity index (χ0v) is 33.2. The standard InChI is InChI=1S/C47H37N9O5/c1-59-41-26-20-33(21-27-41)32-14-16-34(17-15-32)46-48-52(38-10-6-4-7-11-38)54(50-46)42-28-22-36(30-44(42)60-2)37-23-29-43(45(31-37)61-3)55-51-47(35-18-24-40(25-19-35)56(57)58)49-53(55)39-12-8-5-9-13-39/h4-31H,1-3H3/q+2. The van der Waals surface area contributed by atoms with Gasteiger partial charge in [0.25, 0.3) is 5.69 Å². The molecule has 0 saturated heterocycles. The predicted octanol–water partition coefficient (Wildman–Crippen LogP) is 8.00. The molecule has 14 heteroatoms. The summed E-state index contributed by atoms with van der Waals surface area (Å²) in [6.45, 7) is 0. The number of rotatable bonds is 12. The van der Waals surface area contributed by atoms with Crippen molar-refractivity contribution in [3.8, 4) is 85.0 Å². The minimum absolute atomic E-state index is 0.0187. The van der Waals surface area contributed by atoms with E-state index in [-0.39, 0.29) is 5.69 Å². The molecule has 0 atom stereocenters. The molecule has 0 radical (unpaired) electrons. The van der Waals surface area contributed by atoms with Gasteiger partial charge in [-0.15, -0.1) is 0 Å². The lowest BCUT2D eigenvalue weighted by atomic mass is 10.0. The number of non-ortho nitro benzene ring substituents is 1.